The molecule has 0 spiro atoms. The SMILES string of the molecule is CCN(CC)S(=O)(=O)c1cccc(C(=O)NCc2cn3cc(Br)ccc3n2)c1. The number of pyridine rings is 1. The van der Waals surface area contributed by atoms with E-state index in [9.17, 15) is 13.2 Å². The first-order valence-electron chi connectivity index (χ1n) is 8.86. The van der Waals surface area contributed by atoms with Gasteiger partial charge in [0.2, 0.25) is 10.0 Å². The van der Waals surface area contributed by atoms with Crippen LogP contribution in [0, 0.1) is 0 Å². The number of carbonyl (C=O) groups excluding carboxylic acids is 1. The lowest BCUT2D eigenvalue weighted by molar-refractivity contribution is 0.0950. The lowest BCUT2D eigenvalue weighted by Gasteiger charge is -2.18. The number of sulfonamides is 1. The summed E-state index contributed by atoms with van der Waals surface area (Å²) in [6.07, 6.45) is 3.72. The van der Waals surface area contributed by atoms with Crippen LogP contribution in [0.2, 0.25) is 0 Å². The molecule has 0 aliphatic carbocycles. The number of hydrogen-bond donors (Lipinski definition) is 1. The van der Waals surface area contributed by atoms with Crippen molar-refractivity contribution in [3.63, 3.8) is 0 Å². The summed E-state index contributed by atoms with van der Waals surface area (Å²) in [4.78, 5) is 17.1. The van der Waals surface area contributed by atoms with E-state index in [2.05, 4.69) is 26.2 Å². The van der Waals surface area contributed by atoms with Gasteiger partial charge in [-0.1, -0.05) is 19.9 Å². The van der Waals surface area contributed by atoms with Gasteiger partial charge in [-0.15, -0.1) is 0 Å². The highest BCUT2D eigenvalue weighted by molar-refractivity contribution is 9.10. The Labute approximate surface area is 172 Å². The molecule has 148 valence electrons. The molecule has 0 bridgehead atoms. The number of imidazole rings is 1. The van der Waals surface area contributed by atoms with Gasteiger partial charge in [-0.2, -0.15) is 4.31 Å². The first kappa shape index (κ1) is 20.5. The third-order valence-corrected chi connectivity index (χ3v) is 6.85. The number of carbonyl (C=O) groups is 1. The van der Waals surface area contributed by atoms with E-state index in [0.29, 0.717) is 24.3 Å². The van der Waals surface area contributed by atoms with Gasteiger partial charge in [0.25, 0.3) is 5.91 Å². The van der Waals surface area contributed by atoms with Gasteiger partial charge < -0.3 is 9.72 Å². The van der Waals surface area contributed by atoms with E-state index in [1.807, 2.05) is 28.9 Å². The van der Waals surface area contributed by atoms with E-state index in [0.717, 1.165) is 10.1 Å². The second-order valence-corrected chi connectivity index (χ2v) is 9.00. The van der Waals surface area contributed by atoms with E-state index in [1.54, 1.807) is 26.0 Å². The summed E-state index contributed by atoms with van der Waals surface area (Å²) in [7, 11) is -3.61. The second kappa shape index (κ2) is 8.42. The van der Waals surface area contributed by atoms with Crippen LogP contribution < -0.4 is 5.32 Å². The molecule has 0 unspecified atom stereocenters. The van der Waals surface area contributed by atoms with Crippen LogP contribution in [0.4, 0.5) is 0 Å². The molecule has 28 heavy (non-hydrogen) atoms. The number of nitrogens with one attached hydrogen (secondary N) is 1. The predicted octanol–water partition coefficient (Wildman–Crippen LogP) is 3.06. The van der Waals surface area contributed by atoms with Crippen molar-refractivity contribution in [2.75, 3.05) is 13.1 Å². The third kappa shape index (κ3) is 4.26. The molecule has 1 amide bonds. The molecule has 7 nitrogen and oxygen atoms in total. The van der Waals surface area contributed by atoms with Crippen molar-refractivity contribution in [1.82, 2.24) is 19.0 Å². The molecule has 2 heterocycles. The summed E-state index contributed by atoms with van der Waals surface area (Å²) in [5, 5.41) is 2.79. The summed E-state index contributed by atoms with van der Waals surface area (Å²) in [5.74, 6) is -0.352. The van der Waals surface area contributed by atoms with Crippen LogP contribution in [-0.2, 0) is 16.6 Å². The maximum atomic E-state index is 12.7. The average molecular weight is 465 g/mol. The number of amides is 1. The van der Waals surface area contributed by atoms with Crippen molar-refractivity contribution < 1.29 is 13.2 Å². The van der Waals surface area contributed by atoms with Gasteiger partial charge >= 0.3 is 0 Å². The molecule has 3 rings (SSSR count). The number of aromatic nitrogens is 2. The average Bonchev–Trinajstić information content (AvgIpc) is 3.09. The Morgan fingerprint density at radius 2 is 1.93 bits per heavy atom. The Morgan fingerprint density at radius 1 is 1.18 bits per heavy atom. The molecule has 0 aliphatic rings. The summed E-state index contributed by atoms with van der Waals surface area (Å²) in [6.45, 7) is 4.56. The lowest BCUT2D eigenvalue weighted by atomic mass is 10.2. The lowest BCUT2D eigenvalue weighted by Crippen LogP contribution is -2.31. The van der Waals surface area contributed by atoms with E-state index >= 15 is 0 Å². The van der Waals surface area contributed by atoms with Crippen molar-refractivity contribution in [1.29, 1.82) is 0 Å². The van der Waals surface area contributed by atoms with Gasteiger partial charge in [0, 0.05) is 35.5 Å². The monoisotopic (exact) mass is 464 g/mol. The van der Waals surface area contributed by atoms with E-state index in [4.69, 9.17) is 0 Å². The van der Waals surface area contributed by atoms with Crippen molar-refractivity contribution in [3.05, 3.63) is 64.5 Å². The van der Waals surface area contributed by atoms with Crippen LogP contribution in [0.1, 0.15) is 29.9 Å². The minimum Gasteiger partial charge on any atom is -0.346 e. The first-order valence-corrected chi connectivity index (χ1v) is 11.1. The number of benzene rings is 1. The Kier molecular flexibility index (Phi) is 6.17. The summed E-state index contributed by atoms with van der Waals surface area (Å²) in [5.41, 5.74) is 1.78. The maximum absolute atomic E-state index is 12.7. The number of hydrogen-bond acceptors (Lipinski definition) is 4. The van der Waals surface area contributed by atoms with E-state index in [1.165, 1.54) is 16.4 Å². The smallest absolute Gasteiger partial charge is 0.251 e. The molecule has 0 saturated carbocycles. The molecule has 0 fully saturated rings. The first-order chi connectivity index (χ1) is 13.3. The van der Waals surface area contributed by atoms with Crippen LogP contribution in [0.15, 0.2) is 58.2 Å². The zero-order valence-corrected chi connectivity index (χ0v) is 18.0. The minimum absolute atomic E-state index is 0.112. The van der Waals surface area contributed by atoms with E-state index < -0.39 is 10.0 Å². The maximum Gasteiger partial charge on any atom is 0.251 e. The molecular weight excluding hydrogens is 444 g/mol. The molecule has 2 aromatic heterocycles. The molecule has 0 atom stereocenters. The highest BCUT2D eigenvalue weighted by Gasteiger charge is 2.22. The number of halogens is 1. The number of rotatable bonds is 7. The van der Waals surface area contributed by atoms with Crippen molar-refractivity contribution in [3.8, 4) is 0 Å². The van der Waals surface area contributed by atoms with Crippen LogP contribution in [0.5, 0.6) is 0 Å². The molecule has 9 heteroatoms. The number of nitrogens with zero attached hydrogens (tertiary/aromatic N) is 3. The number of fused-ring (bicyclic) bond motifs is 1. The third-order valence-electron chi connectivity index (χ3n) is 4.33. The molecular formula is C19H21BrN4O3S. The minimum atomic E-state index is -3.61. The molecule has 0 aliphatic heterocycles. The van der Waals surface area contributed by atoms with Crippen LogP contribution in [0.3, 0.4) is 0 Å². The Hall–Kier alpha value is -2.23. The Morgan fingerprint density at radius 3 is 2.64 bits per heavy atom. The molecule has 1 N–H and O–H groups in total. The van der Waals surface area contributed by atoms with Gasteiger partial charge in [0.15, 0.2) is 0 Å². The Bertz CT molecular complexity index is 1110. The van der Waals surface area contributed by atoms with Crippen molar-refractivity contribution in [2.45, 2.75) is 25.3 Å². The fourth-order valence-electron chi connectivity index (χ4n) is 2.89. The van der Waals surface area contributed by atoms with Crippen LogP contribution >= 0.6 is 15.9 Å². The van der Waals surface area contributed by atoms with Gasteiger partial charge in [-0.3, -0.25) is 4.79 Å². The van der Waals surface area contributed by atoms with Gasteiger partial charge in [0.05, 0.1) is 17.1 Å². The fourth-order valence-corrected chi connectivity index (χ4v) is 4.74. The molecule has 0 saturated heterocycles. The standard InChI is InChI=1S/C19H21BrN4O3S/c1-3-24(4-2)28(26,27)17-7-5-6-14(10-17)19(25)21-11-16-13-23-12-15(20)8-9-18(23)22-16/h5-10,12-13H,3-4,11H2,1-2H3,(H,21,25). The normalized spacial score (nSPS) is 11.9. The Balaban J connectivity index is 1.75. The summed E-state index contributed by atoms with van der Waals surface area (Å²) < 4.78 is 29.5. The molecule has 0 radical (unpaired) electrons. The van der Waals surface area contributed by atoms with Gasteiger partial charge in [-0.25, -0.2) is 13.4 Å². The zero-order valence-electron chi connectivity index (χ0n) is 15.6. The van der Waals surface area contributed by atoms with Gasteiger partial charge in [-0.05, 0) is 46.3 Å². The summed E-state index contributed by atoms with van der Waals surface area (Å²) >= 11 is 3.41. The highest BCUT2D eigenvalue weighted by atomic mass is 79.9. The zero-order chi connectivity index (χ0) is 20.3. The quantitative estimate of drug-likeness (QED) is 0.582. The molecule has 1 aromatic carbocycles. The summed E-state index contributed by atoms with van der Waals surface area (Å²) in [6, 6.07) is 9.85. The van der Waals surface area contributed by atoms with Crippen molar-refractivity contribution in [2.24, 2.45) is 0 Å². The van der Waals surface area contributed by atoms with Crippen molar-refractivity contribution >= 4 is 37.5 Å². The predicted molar refractivity (Wildman–Crippen MR) is 111 cm³/mol. The highest BCUT2D eigenvalue weighted by Crippen LogP contribution is 2.17. The molecule has 3 aromatic rings. The van der Waals surface area contributed by atoms with Crippen LogP contribution in [0.25, 0.3) is 5.65 Å². The largest absolute Gasteiger partial charge is 0.346 e. The topological polar surface area (TPSA) is 83.8 Å². The van der Waals surface area contributed by atoms with Crippen LogP contribution in [-0.4, -0.2) is 41.1 Å². The fraction of sp³-hybridized carbons (Fsp3) is 0.263. The van der Waals surface area contributed by atoms with E-state index in [-0.39, 0.29) is 17.3 Å². The van der Waals surface area contributed by atoms with Gasteiger partial charge in [0.1, 0.15) is 5.65 Å². The second-order valence-electron chi connectivity index (χ2n) is 6.14.